The molecule has 0 radical (unpaired) electrons. The van der Waals surface area contributed by atoms with Crippen molar-refractivity contribution in [3.63, 3.8) is 0 Å². The van der Waals surface area contributed by atoms with E-state index in [2.05, 4.69) is 0 Å². The number of ether oxygens (including phenoxy) is 2. The van der Waals surface area contributed by atoms with Gasteiger partial charge in [0.1, 0.15) is 4.90 Å². The second-order valence-electron chi connectivity index (χ2n) is 4.50. The lowest BCUT2D eigenvalue weighted by Crippen LogP contribution is -2.40. The highest BCUT2D eigenvalue weighted by atomic mass is 35.5. The fourth-order valence-electron chi connectivity index (χ4n) is 2.02. The van der Waals surface area contributed by atoms with Gasteiger partial charge in [-0.3, -0.25) is 0 Å². The molecule has 1 aliphatic heterocycles. The number of hydrogen-bond acceptors (Lipinski definition) is 5. The molecule has 1 saturated heterocycles. The number of carbonyl (C=O) groups excluding carboxylic acids is 1. The molecule has 2 rings (SSSR count). The van der Waals surface area contributed by atoms with Crippen molar-refractivity contribution in [3.05, 3.63) is 27.7 Å². The molecule has 1 aromatic carbocycles. The van der Waals surface area contributed by atoms with Crippen molar-refractivity contribution in [2.75, 3.05) is 32.9 Å². The molecule has 6 nitrogen and oxygen atoms in total. The van der Waals surface area contributed by atoms with E-state index in [-0.39, 0.29) is 40.2 Å². The van der Waals surface area contributed by atoms with Crippen LogP contribution in [0.15, 0.2) is 17.0 Å². The van der Waals surface area contributed by atoms with Crippen LogP contribution < -0.4 is 0 Å². The minimum atomic E-state index is -3.83. The molecule has 0 amide bonds. The lowest BCUT2D eigenvalue weighted by molar-refractivity contribution is 0.0526. The average molecular weight is 368 g/mol. The summed E-state index contributed by atoms with van der Waals surface area (Å²) in [7, 11) is -3.83. The normalized spacial score (nSPS) is 16.5. The molecule has 1 heterocycles. The summed E-state index contributed by atoms with van der Waals surface area (Å²) < 4.78 is 36.6. The number of hydrogen-bond donors (Lipinski definition) is 0. The summed E-state index contributed by atoms with van der Waals surface area (Å²) in [5.74, 6) is -0.692. The minimum Gasteiger partial charge on any atom is -0.462 e. The number of carbonyl (C=O) groups is 1. The van der Waals surface area contributed by atoms with Crippen LogP contribution in [0.2, 0.25) is 10.0 Å². The summed E-state index contributed by atoms with van der Waals surface area (Å²) in [6.45, 7) is 2.90. The average Bonchev–Trinajstić information content (AvgIpc) is 2.48. The summed E-state index contributed by atoms with van der Waals surface area (Å²) in [6.07, 6.45) is 0. The first-order chi connectivity index (χ1) is 10.4. The Labute approximate surface area is 138 Å². The van der Waals surface area contributed by atoms with Gasteiger partial charge in [-0.2, -0.15) is 4.31 Å². The third kappa shape index (κ3) is 3.55. The Morgan fingerprint density at radius 1 is 1.27 bits per heavy atom. The summed E-state index contributed by atoms with van der Waals surface area (Å²) >= 11 is 12.0. The van der Waals surface area contributed by atoms with Crippen molar-refractivity contribution in [2.24, 2.45) is 0 Å². The van der Waals surface area contributed by atoms with Crippen LogP contribution in [0, 0.1) is 0 Å². The van der Waals surface area contributed by atoms with Crippen molar-refractivity contribution in [3.8, 4) is 0 Å². The second kappa shape index (κ2) is 7.14. The van der Waals surface area contributed by atoms with Crippen molar-refractivity contribution < 1.29 is 22.7 Å². The number of morpholine rings is 1. The molecule has 22 heavy (non-hydrogen) atoms. The second-order valence-corrected chi connectivity index (χ2v) is 7.22. The number of benzene rings is 1. The summed E-state index contributed by atoms with van der Waals surface area (Å²) in [5.41, 5.74) is -0.0280. The number of sulfonamides is 1. The van der Waals surface area contributed by atoms with Gasteiger partial charge in [0.15, 0.2) is 0 Å². The van der Waals surface area contributed by atoms with Crippen LogP contribution in [0.25, 0.3) is 0 Å². The molecule has 0 bridgehead atoms. The fraction of sp³-hybridized carbons (Fsp3) is 0.462. The largest absolute Gasteiger partial charge is 0.462 e. The van der Waals surface area contributed by atoms with Gasteiger partial charge in [-0.25, -0.2) is 13.2 Å². The molecule has 0 N–H and O–H groups in total. The summed E-state index contributed by atoms with van der Waals surface area (Å²) in [4.78, 5) is 11.7. The van der Waals surface area contributed by atoms with Crippen LogP contribution >= 0.6 is 23.2 Å². The maximum atomic E-state index is 12.6. The molecule has 1 aromatic rings. The molecule has 0 atom stereocenters. The van der Waals surface area contributed by atoms with Crippen LogP contribution in [-0.4, -0.2) is 51.6 Å². The maximum Gasteiger partial charge on any atom is 0.339 e. The van der Waals surface area contributed by atoms with Crippen molar-refractivity contribution in [2.45, 2.75) is 11.8 Å². The molecule has 0 aromatic heterocycles. The molecule has 122 valence electrons. The van der Waals surface area contributed by atoms with Gasteiger partial charge in [-0.1, -0.05) is 23.2 Å². The van der Waals surface area contributed by atoms with E-state index in [0.717, 1.165) is 6.07 Å². The van der Waals surface area contributed by atoms with E-state index in [1.165, 1.54) is 10.4 Å². The summed E-state index contributed by atoms with van der Waals surface area (Å²) in [5, 5.41) is 0.00826. The first-order valence-electron chi connectivity index (χ1n) is 6.62. The van der Waals surface area contributed by atoms with E-state index >= 15 is 0 Å². The van der Waals surface area contributed by atoms with E-state index in [9.17, 15) is 13.2 Å². The number of nitrogens with zero attached hydrogens (tertiary/aromatic N) is 1. The van der Waals surface area contributed by atoms with Gasteiger partial charge >= 0.3 is 5.97 Å². The fourth-order valence-corrected chi connectivity index (χ4v) is 4.25. The predicted molar refractivity (Wildman–Crippen MR) is 82.0 cm³/mol. The number of halogens is 2. The minimum absolute atomic E-state index is 0.0280. The number of esters is 1. The highest BCUT2D eigenvalue weighted by molar-refractivity contribution is 7.89. The van der Waals surface area contributed by atoms with Gasteiger partial charge in [0.25, 0.3) is 0 Å². The maximum absolute atomic E-state index is 12.6. The Morgan fingerprint density at radius 2 is 1.91 bits per heavy atom. The SMILES string of the molecule is CCOC(=O)c1cc(S(=O)(=O)N2CCOCC2)c(Cl)cc1Cl. The third-order valence-electron chi connectivity index (χ3n) is 3.10. The van der Waals surface area contributed by atoms with Crippen molar-refractivity contribution >= 4 is 39.2 Å². The zero-order valence-corrected chi connectivity index (χ0v) is 14.2. The van der Waals surface area contributed by atoms with Crippen LogP contribution in [0.5, 0.6) is 0 Å². The van der Waals surface area contributed by atoms with E-state index < -0.39 is 16.0 Å². The van der Waals surface area contributed by atoms with Gasteiger partial charge in [0.05, 0.1) is 35.4 Å². The van der Waals surface area contributed by atoms with Gasteiger partial charge in [-0.15, -0.1) is 0 Å². The topological polar surface area (TPSA) is 72.9 Å². The number of rotatable bonds is 4. The first-order valence-corrected chi connectivity index (χ1v) is 8.81. The van der Waals surface area contributed by atoms with Crippen LogP contribution in [0.1, 0.15) is 17.3 Å². The predicted octanol–water partition coefficient (Wildman–Crippen LogP) is 2.19. The molecule has 0 saturated carbocycles. The van der Waals surface area contributed by atoms with Crippen LogP contribution in [-0.2, 0) is 19.5 Å². The van der Waals surface area contributed by atoms with E-state index in [1.807, 2.05) is 0 Å². The van der Waals surface area contributed by atoms with E-state index in [1.54, 1.807) is 6.92 Å². The van der Waals surface area contributed by atoms with Gasteiger partial charge < -0.3 is 9.47 Å². The molecule has 9 heteroatoms. The molecule has 0 spiro atoms. The lowest BCUT2D eigenvalue weighted by atomic mass is 10.2. The van der Waals surface area contributed by atoms with Gasteiger partial charge in [0, 0.05) is 13.1 Å². The quantitative estimate of drug-likeness (QED) is 0.762. The zero-order valence-electron chi connectivity index (χ0n) is 11.8. The Hall–Kier alpha value is -0.860. The first kappa shape index (κ1) is 17.5. The van der Waals surface area contributed by atoms with Crippen LogP contribution in [0.4, 0.5) is 0 Å². The van der Waals surface area contributed by atoms with Gasteiger partial charge in [0.2, 0.25) is 10.0 Å². The lowest BCUT2D eigenvalue weighted by Gasteiger charge is -2.26. The monoisotopic (exact) mass is 367 g/mol. The van der Waals surface area contributed by atoms with Crippen molar-refractivity contribution in [1.29, 1.82) is 0 Å². The molecule has 0 unspecified atom stereocenters. The Morgan fingerprint density at radius 3 is 2.50 bits per heavy atom. The van der Waals surface area contributed by atoms with Crippen LogP contribution in [0.3, 0.4) is 0 Å². The molecule has 0 aliphatic carbocycles. The Balaban J connectivity index is 2.45. The molecule has 1 fully saturated rings. The third-order valence-corrected chi connectivity index (χ3v) is 5.78. The van der Waals surface area contributed by atoms with Gasteiger partial charge in [-0.05, 0) is 19.1 Å². The highest BCUT2D eigenvalue weighted by Crippen LogP contribution is 2.31. The smallest absolute Gasteiger partial charge is 0.339 e. The van der Waals surface area contributed by atoms with E-state index in [4.69, 9.17) is 32.7 Å². The zero-order chi connectivity index (χ0) is 16.3. The standard InChI is InChI=1S/C13H15Cl2NO5S/c1-2-21-13(17)9-7-12(11(15)8-10(9)14)22(18,19)16-3-5-20-6-4-16/h7-8H,2-6H2,1H3. The Kier molecular flexibility index (Phi) is 5.68. The van der Waals surface area contributed by atoms with E-state index in [0.29, 0.717) is 13.2 Å². The van der Waals surface area contributed by atoms with Crippen molar-refractivity contribution in [1.82, 2.24) is 4.31 Å². The molecular weight excluding hydrogens is 353 g/mol. The summed E-state index contributed by atoms with van der Waals surface area (Å²) in [6, 6.07) is 2.40. The highest BCUT2D eigenvalue weighted by Gasteiger charge is 2.30. The molecular formula is C13H15Cl2NO5S. The molecule has 1 aliphatic rings. The Bertz CT molecular complexity index is 671.